The lowest BCUT2D eigenvalue weighted by Crippen LogP contribution is -2.59. The fourth-order valence-corrected chi connectivity index (χ4v) is 6.15. The van der Waals surface area contributed by atoms with Crippen molar-refractivity contribution in [2.45, 2.75) is 23.8 Å². The lowest BCUT2D eigenvalue weighted by Gasteiger charge is -2.51. The minimum atomic E-state index is -3.49. The van der Waals surface area contributed by atoms with E-state index < -0.39 is 10.0 Å². The van der Waals surface area contributed by atoms with Gasteiger partial charge in [-0.1, -0.05) is 0 Å². The van der Waals surface area contributed by atoms with Crippen LogP contribution < -0.4 is 9.46 Å². The predicted molar refractivity (Wildman–Crippen MR) is 114 cm³/mol. The van der Waals surface area contributed by atoms with E-state index in [4.69, 9.17) is 4.74 Å². The summed E-state index contributed by atoms with van der Waals surface area (Å²) in [6.07, 6.45) is 2.35. The van der Waals surface area contributed by atoms with Gasteiger partial charge in [-0.25, -0.2) is 13.1 Å². The van der Waals surface area contributed by atoms with Crippen LogP contribution in [-0.2, 0) is 10.0 Å². The molecule has 0 aromatic heterocycles. The zero-order valence-corrected chi connectivity index (χ0v) is 18.4. The van der Waals surface area contributed by atoms with Crippen molar-refractivity contribution < 1.29 is 13.2 Å². The molecular weight excluding hydrogens is 388 g/mol. The third-order valence-corrected chi connectivity index (χ3v) is 8.42. The fraction of sp³-hybridized carbons (Fsp3) is 0.714. The number of fused-ring (bicyclic) bond motifs is 3. The maximum absolute atomic E-state index is 12.7. The van der Waals surface area contributed by atoms with E-state index in [1.807, 2.05) is 0 Å². The van der Waals surface area contributed by atoms with Gasteiger partial charge in [0.1, 0.15) is 5.75 Å². The van der Waals surface area contributed by atoms with E-state index in [0.29, 0.717) is 23.2 Å². The molecule has 8 heteroatoms. The largest absolute Gasteiger partial charge is 0.497 e. The van der Waals surface area contributed by atoms with Gasteiger partial charge < -0.3 is 14.5 Å². The third kappa shape index (κ3) is 4.94. The van der Waals surface area contributed by atoms with Crippen LogP contribution in [0.15, 0.2) is 29.2 Å². The zero-order valence-electron chi connectivity index (χ0n) is 17.6. The van der Waals surface area contributed by atoms with Crippen molar-refractivity contribution in [1.82, 2.24) is 19.4 Å². The molecule has 7 nitrogen and oxygen atoms in total. The fourth-order valence-electron chi connectivity index (χ4n) is 5.07. The minimum absolute atomic E-state index is 0.294. The molecule has 0 radical (unpaired) electrons. The molecule has 29 heavy (non-hydrogen) atoms. The first-order chi connectivity index (χ1) is 13.9. The van der Waals surface area contributed by atoms with Gasteiger partial charge >= 0.3 is 0 Å². The Morgan fingerprint density at radius 1 is 1.10 bits per heavy atom. The number of nitrogens with zero attached hydrogens (tertiary/aromatic N) is 3. The van der Waals surface area contributed by atoms with Crippen molar-refractivity contribution in [3.63, 3.8) is 0 Å². The van der Waals surface area contributed by atoms with Crippen LogP contribution in [0.25, 0.3) is 0 Å². The number of nitrogens with one attached hydrogen (secondary N) is 1. The number of benzene rings is 1. The van der Waals surface area contributed by atoms with Gasteiger partial charge in [0.25, 0.3) is 0 Å². The van der Waals surface area contributed by atoms with E-state index in [1.165, 1.54) is 26.1 Å². The van der Waals surface area contributed by atoms with E-state index in [9.17, 15) is 8.42 Å². The number of sulfonamides is 1. The summed E-state index contributed by atoms with van der Waals surface area (Å²) in [5.41, 5.74) is 0. The lowest BCUT2D eigenvalue weighted by molar-refractivity contribution is -0.0149. The summed E-state index contributed by atoms with van der Waals surface area (Å²) < 4.78 is 33.3. The summed E-state index contributed by atoms with van der Waals surface area (Å²) >= 11 is 0. The van der Waals surface area contributed by atoms with Crippen LogP contribution in [-0.4, -0.2) is 95.7 Å². The Labute approximate surface area is 175 Å². The van der Waals surface area contributed by atoms with Crippen molar-refractivity contribution in [2.24, 2.45) is 11.8 Å². The second kappa shape index (κ2) is 8.89. The molecule has 162 valence electrons. The molecule has 0 amide bonds. The number of methoxy groups -OCH3 is 1. The van der Waals surface area contributed by atoms with Gasteiger partial charge in [0, 0.05) is 51.9 Å². The minimum Gasteiger partial charge on any atom is -0.497 e. The van der Waals surface area contributed by atoms with Crippen LogP contribution in [0, 0.1) is 11.8 Å². The van der Waals surface area contributed by atoms with E-state index in [1.54, 1.807) is 31.4 Å². The van der Waals surface area contributed by atoms with E-state index in [-0.39, 0.29) is 0 Å². The Kier molecular flexibility index (Phi) is 6.46. The molecule has 1 unspecified atom stereocenters. The molecule has 4 aliphatic rings. The number of ether oxygens (including phenoxy) is 1. The predicted octanol–water partition coefficient (Wildman–Crippen LogP) is 0.931. The van der Waals surface area contributed by atoms with Gasteiger partial charge in [0.2, 0.25) is 10.0 Å². The van der Waals surface area contributed by atoms with Crippen molar-refractivity contribution in [1.29, 1.82) is 0 Å². The standard InChI is InChI=1S/C21H34N4O3S/c1-23-9-11-24(12-10-23)15-18-16-25-8-7-17(18)13-19(25)14-22-29(26,27)21-5-3-20(28-2)4-6-21/h3-6,17-19,22H,7-16H2,1-2H3/t17-,18-,19+/m0/s1. The van der Waals surface area contributed by atoms with Crippen LogP contribution >= 0.6 is 0 Å². The SMILES string of the molecule is COc1ccc(S(=O)(=O)NC[C@H]2C[C@@H]3CCN2C[C@@H]3CN2CCN(C)CC2)cc1. The van der Waals surface area contributed by atoms with E-state index in [0.717, 1.165) is 44.4 Å². The third-order valence-electron chi connectivity index (χ3n) is 6.98. The first-order valence-corrected chi connectivity index (χ1v) is 12.2. The molecule has 0 spiro atoms. The smallest absolute Gasteiger partial charge is 0.240 e. The summed E-state index contributed by atoms with van der Waals surface area (Å²) in [5, 5.41) is 0. The quantitative estimate of drug-likeness (QED) is 0.705. The highest BCUT2D eigenvalue weighted by atomic mass is 32.2. The van der Waals surface area contributed by atoms with E-state index >= 15 is 0 Å². The summed E-state index contributed by atoms with van der Waals surface area (Å²) in [7, 11) is 0.284. The van der Waals surface area contributed by atoms with E-state index in [2.05, 4.69) is 26.5 Å². The molecule has 4 heterocycles. The molecule has 4 atom stereocenters. The number of piperidine rings is 3. The highest BCUT2D eigenvalue weighted by molar-refractivity contribution is 7.89. The number of rotatable bonds is 7. The Bertz CT molecular complexity index is 778. The van der Waals surface area contributed by atoms with Crippen LogP contribution in [0.1, 0.15) is 12.8 Å². The number of hydrogen-bond acceptors (Lipinski definition) is 6. The number of hydrogen-bond donors (Lipinski definition) is 1. The molecule has 5 rings (SSSR count). The molecule has 1 N–H and O–H groups in total. The maximum Gasteiger partial charge on any atom is 0.240 e. The highest BCUT2D eigenvalue weighted by Gasteiger charge is 2.40. The van der Waals surface area contributed by atoms with Crippen LogP contribution in [0.2, 0.25) is 0 Å². The van der Waals surface area contributed by atoms with Crippen LogP contribution in [0.3, 0.4) is 0 Å². The second-order valence-electron chi connectivity index (χ2n) is 8.82. The summed E-state index contributed by atoms with van der Waals surface area (Å²) in [6, 6.07) is 6.87. The van der Waals surface area contributed by atoms with Gasteiger partial charge in [0.05, 0.1) is 12.0 Å². The Morgan fingerprint density at radius 3 is 2.45 bits per heavy atom. The Balaban J connectivity index is 1.30. The second-order valence-corrected chi connectivity index (χ2v) is 10.6. The molecule has 0 saturated carbocycles. The topological polar surface area (TPSA) is 65.1 Å². The van der Waals surface area contributed by atoms with Gasteiger partial charge in [0.15, 0.2) is 0 Å². The molecule has 0 aliphatic carbocycles. The van der Waals surface area contributed by atoms with Crippen LogP contribution in [0.4, 0.5) is 0 Å². The lowest BCUT2D eigenvalue weighted by atomic mass is 9.75. The first-order valence-electron chi connectivity index (χ1n) is 10.7. The molecular formula is C21H34N4O3S. The van der Waals surface area contributed by atoms with Gasteiger partial charge in [-0.3, -0.25) is 4.90 Å². The summed E-state index contributed by atoms with van der Waals surface area (Å²) in [6.45, 7) is 8.56. The van der Waals surface area contributed by atoms with Gasteiger partial charge in [-0.05, 0) is 62.5 Å². The normalized spacial score (nSPS) is 31.1. The van der Waals surface area contributed by atoms with Crippen molar-refractivity contribution in [2.75, 3.05) is 66.5 Å². The average molecular weight is 423 g/mol. The highest BCUT2D eigenvalue weighted by Crippen LogP contribution is 2.36. The van der Waals surface area contributed by atoms with Crippen molar-refractivity contribution in [3.8, 4) is 5.75 Å². The Hall–Kier alpha value is -1.19. The molecule has 4 fully saturated rings. The van der Waals surface area contributed by atoms with Crippen molar-refractivity contribution >= 4 is 10.0 Å². The molecule has 2 bridgehead atoms. The van der Waals surface area contributed by atoms with Gasteiger partial charge in [-0.15, -0.1) is 0 Å². The molecule has 4 aliphatic heterocycles. The summed E-state index contributed by atoms with van der Waals surface area (Å²) in [4.78, 5) is 7.82. The monoisotopic (exact) mass is 422 g/mol. The summed E-state index contributed by atoms with van der Waals surface area (Å²) in [5.74, 6) is 2.10. The molecule has 1 aromatic rings. The average Bonchev–Trinajstić information content (AvgIpc) is 2.75. The van der Waals surface area contributed by atoms with Crippen LogP contribution in [0.5, 0.6) is 5.75 Å². The maximum atomic E-state index is 12.7. The molecule has 4 saturated heterocycles. The van der Waals surface area contributed by atoms with Crippen molar-refractivity contribution in [3.05, 3.63) is 24.3 Å². The van der Waals surface area contributed by atoms with Gasteiger partial charge in [-0.2, -0.15) is 0 Å². The zero-order chi connectivity index (χ0) is 20.4. The first kappa shape index (κ1) is 21.1. The number of piperazine rings is 1. The molecule has 1 aromatic carbocycles. The number of likely N-dealkylation sites (N-methyl/N-ethyl adjacent to an activating group) is 1. The Morgan fingerprint density at radius 2 is 1.83 bits per heavy atom.